The van der Waals surface area contributed by atoms with Gasteiger partial charge in [-0.05, 0) is 64.3 Å². The van der Waals surface area contributed by atoms with Crippen LogP contribution in [0.1, 0.15) is 46.3 Å². The fourth-order valence-corrected chi connectivity index (χ4v) is 3.57. The lowest BCUT2D eigenvalue weighted by atomic mass is 9.79. The normalized spacial score (nSPS) is 19.2. The summed E-state index contributed by atoms with van der Waals surface area (Å²) in [5, 5.41) is 0.327. The predicted molar refractivity (Wildman–Crippen MR) is 108 cm³/mol. The van der Waals surface area contributed by atoms with Crippen LogP contribution in [0.5, 0.6) is 5.75 Å². The van der Waals surface area contributed by atoms with E-state index in [0.29, 0.717) is 16.3 Å². The third-order valence-corrected chi connectivity index (χ3v) is 5.90. The molecule has 0 aromatic heterocycles. The van der Waals surface area contributed by atoms with Gasteiger partial charge >= 0.3 is 7.12 Å². The molecule has 1 unspecified atom stereocenters. The second kappa shape index (κ2) is 7.29. The van der Waals surface area contributed by atoms with E-state index < -0.39 is 30.2 Å². The van der Waals surface area contributed by atoms with Crippen LogP contribution in [0.4, 0.5) is 4.39 Å². The largest absolute Gasteiger partial charge is 0.494 e. The highest BCUT2D eigenvalue weighted by atomic mass is 35.5. The summed E-state index contributed by atoms with van der Waals surface area (Å²) in [7, 11) is -0.491. The van der Waals surface area contributed by atoms with Gasteiger partial charge < -0.3 is 14.0 Å². The number of ether oxygens (including phenoxy) is 1. The van der Waals surface area contributed by atoms with Gasteiger partial charge in [-0.1, -0.05) is 35.3 Å². The van der Waals surface area contributed by atoms with E-state index in [2.05, 4.69) is 0 Å². The summed E-state index contributed by atoms with van der Waals surface area (Å²) < 4.78 is 31.9. The van der Waals surface area contributed by atoms with Crippen molar-refractivity contribution < 1.29 is 18.4 Å². The summed E-state index contributed by atoms with van der Waals surface area (Å²) in [4.78, 5) is 0. The van der Waals surface area contributed by atoms with E-state index in [0.717, 1.165) is 5.46 Å². The van der Waals surface area contributed by atoms with Crippen LogP contribution in [-0.2, 0) is 9.31 Å². The third-order valence-electron chi connectivity index (χ3n) is 5.18. The Kier molecular flexibility index (Phi) is 5.52. The summed E-state index contributed by atoms with van der Waals surface area (Å²) in [5.41, 5.74) is 0.406. The highest BCUT2D eigenvalue weighted by Crippen LogP contribution is 2.37. The lowest BCUT2D eigenvalue weighted by molar-refractivity contribution is 0.00578. The van der Waals surface area contributed by atoms with Crippen LogP contribution in [0.3, 0.4) is 0 Å². The van der Waals surface area contributed by atoms with Gasteiger partial charge in [-0.25, -0.2) is 4.39 Å². The molecule has 0 aliphatic carbocycles. The molecule has 1 aliphatic heterocycles. The summed E-state index contributed by atoms with van der Waals surface area (Å²) in [6.45, 7) is 9.79. The van der Waals surface area contributed by atoms with Crippen molar-refractivity contribution in [3.8, 4) is 5.75 Å². The molecule has 0 bridgehead atoms. The van der Waals surface area contributed by atoms with Gasteiger partial charge in [0.2, 0.25) is 0 Å². The lowest BCUT2D eigenvalue weighted by Crippen LogP contribution is -2.41. The summed E-state index contributed by atoms with van der Waals surface area (Å²) in [6, 6.07) is 10.1. The van der Waals surface area contributed by atoms with Crippen LogP contribution in [0.25, 0.3) is 0 Å². The zero-order chi connectivity index (χ0) is 20.0. The van der Waals surface area contributed by atoms with Crippen LogP contribution < -0.4 is 10.2 Å². The van der Waals surface area contributed by atoms with Crippen LogP contribution in [0.2, 0.25) is 10.0 Å². The first-order chi connectivity index (χ1) is 12.5. The highest BCUT2D eigenvalue weighted by Gasteiger charge is 2.51. The lowest BCUT2D eigenvalue weighted by Gasteiger charge is -2.32. The number of halogens is 3. The molecule has 144 valence electrons. The average Bonchev–Trinajstić information content (AvgIpc) is 2.80. The monoisotopic (exact) mass is 410 g/mol. The molecule has 1 atom stereocenters. The van der Waals surface area contributed by atoms with E-state index in [4.69, 9.17) is 37.2 Å². The molecule has 0 saturated carbocycles. The molecule has 0 radical (unpaired) electrons. The maximum Gasteiger partial charge on any atom is 0.494 e. The van der Waals surface area contributed by atoms with Gasteiger partial charge in [0, 0.05) is 10.6 Å². The Bertz CT molecular complexity index is 841. The molecule has 1 heterocycles. The van der Waals surface area contributed by atoms with Crippen molar-refractivity contribution in [3.63, 3.8) is 0 Å². The van der Waals surface area contributed by atoms with Gasteiger partial charge in [0.15, 0.2) is 0 Å². The van der Waals surface area contributed by atoms with Gasteiger partial charge in [0.25, 0.3) is 0 Å². The first kappa shape index (κ1) is 20.5. The van der Waals surface area contributed by atoms with E-state index in [1.807, 2.05) is 52.0 Å². The van der Waals surface area contributed by atoms with E-state index in [-0.39, 0.29) is 5.02 Å². The minimum atomic E-state index is -0.533. The molecule has 2 aromatic carbocycles. The Morgan fingerprint density at radius 2 is 1.67 bits per heavy atom. The molecular formula is C20H22BCl2FO3. The minimum Gasteiger partial charge on any atom is -0.486 e. The molecule has 0 spiro atoms. The van der Waals surface area contributed by atoms with E-state index in [1.165, 1.54) is 12.1 Å². The Hall–Kier alpha value is -1.27. The minimum absolute atomic E-state index is 0.0305. The van der Waals surface area contributed by atoms with Gasteiger partial charge in [0.05, 0.1) is 16.2 Å². The van der Waals surface area contributed by atoms with Crippen LogP contribution in [-0.4, -0.2) is 18.3 Å². The Balaban J connectivity index is 1.82. The zero-order valence-corrected chi connectivity index (χ0v) is 17.5. The van der Waals surface area contributed by atoms with E-state index in [9.17, 15) is 4.39 Å². The van der Waals surface area contributed by atoms with Gasteiger partial charge in [0.1, 0.15) is 17.7 Å². The van der Waals surface area contributed by atoms with Crippen molar-refractivity contribution in [2.24, 2.45) is 0 Å². The smallest absolute Gasteiger partial charge is 0.486 e. The summed E-state index contributed by atoms with van der Waals surface area (Å²) in [6.07, 6.45) is -0.533. The maximum absolute atomic E-state index is 13.8. The summed E-state index contributed by atoms with van der Waals surface area (Å²) >= 11 is 12.3. The van der Waals surface area contributed by atoms with Crippen molar-refractivity contribution in [1.29, 1.82) is 0 Å². The molecule has 1 aliphatic rings. The third kappa shape index (κ3) is 3.97. The van der Waals surface area contributed by atoms with Crippen molar-refractivity contribution in [1.82, 2.24) is 0 Å². The predicted octanol–water partition coefficient (Wildman–Crippen LogP) is 5.57. The molecule has 27 heavy (non-hydrogen) atoms. The van der Waals surface area contributed by atoms with Crippen LogP contribution in [0, 0.1) is 5.82 Å². The van der Waals surface area contributed by atoms with Gasteiger partial charge in [-0.2, -0.15) is 0 Å². The zero-order valence-electron chi connectivity index (χ0n) is 16.0. The molecule has 3 rings (SSSR count). The maximum atomic E-state index is 13.8. The fraction of sp³-hybridized carbons (Fsp3) is 0.400. The molecule has 2 aromatic rings. The number of rotatable bonds is 4. The van der Waals surface area contributed by atoms with Crippen molar-refractivity contribution in [2.75, 3.05) is 0 Å². The molecule has 7 heteroatoms. The fourth-order valence-electron chi connectivity index (χ4n) is 2.89. The SMILES string of the molecule is CC(Oc1cccc(B2OC(C)(C)C(C)(C)O2)c1)c1c(Cl)ccc(F)c1Cl. The second-order valence-corrected chi connectivity index (χ2v) is 8.46. The number of hydrogen-bond acceptors (Lipinski definition) is 3. The topological polar surface area (TPSA) is 27.7 Å². The van der Waals surface area contributed by atoms with Crippen molar-refractivity contribution in [3.05, 3.63) is 57.8 Å². The quantitative estimate of drug-likeness (QED) is 0.487. The van der Waals surface area contributed by atoms with Crippen LogP contribution >= 0.6 is 23.2 Å². The van der Waals surface area contributed by atoms with Crippen LogP contribution in [0.15, 0.2) is 36.4 Å². The highest BCUT2D eigenvalue weighted by molar-refractivity contribution is 6.62. The van der Waals surface area contributed by atoms with Crippen molar-refractivity contribution >= 4 is 35.8 Å². The Morgan fingerprint density at radius 1 is 1.04 bits per heavy atom. The first-order valence-electron chi connectivity index (χ1n) is 8.77. The molecule has 0 N–H and O–H groups in total. The number of benzene rings is 2. The molecule has 1 saturated heterocycles. The number of hydrogen-bond donors (Lipinski definition) is 0. The van der Waals surface area contributed by atoms with E-state index >= 15 is 0 Å². The molecule has 0 amide bonds. The van der Waals surface area contributed by atoms with Gasteiger partial charge in [-0.15, -0.1) is 0 Å². The Labute approximate surface area is 169 Å². The average molecular weight is 411 g/mol. The summed E-state index contributed by atoms with van der Waals surface area (Å²) in [5.74, 6) is 0.0589. The second-order valence-electron chi connectivity index (χ2n) is 7.68. The van der Waals surface area contributed by atoms with Crippen molar-refractivity contribution in [2.45, 2.75) is 51.9 Å². The molecule has 3 nitrogen and oxygen atoms in total. The van der Waals surface area contributed by atoms with Gasteiger partial charge in [-0.3, -0.25) is 0 Å². The first-order valence-corrected chi connectivity index (χ1v) is 9.53. The molecule has 1 fully saturated rings. The molecular weight excluding hydrogens is 389 g/mol. The standard InChI is InChI=1S/C20H22BCl2FO3/c1-12(17-15(22)9-10-16(24)18(17)23)25-14-8-6-7-13(11-14)21-26-19(2,3)20(4,5)27-21/h6-12H,1-5H3. The Morgan fingerprint density at radius 3 is 2.30 bits per heavy atom. The van der Waals surface area contributed by atoms with E-state index in [1.54, 1.807) is 6.92 Å².